The third kappa shape index (κ3) is 6.48. The molecule has 0 aliphatic heterocycles. The van der Waals surface area contributed by atoms with E-state index in [1.807, 2.05) is 42.5 Å². The van der Waals surface area contributed by atoms with Crippen LogP contribution in [0.5, 0.6) is 0 Å². The predicted octanol–water partition coefficient (Wildman–Crippen LogP) is 4.20. The summed E-state index contributed by atoms with van der Waals surface area (Å²) in [5.41, 5.74) is 5.14. The number of amides is 2. The standard InChI is InChI=1S/C25H21FN2O3/c26-22-13-10-19(11-14-22)16-23(21-4-2-1-3-5-21)25(30)27-17-20-8-6-18(7-9-20)12-15-24(29)28-31/h1-16,31H,17H2,(H,27,30)(H,28,29)/b15-12+,23-16+. The van der Waals surface area contributed by atoms with Crippen molar-refractivity contribution < 1.29 is 19.2 Å². The molecule has 5 nitrogen and oxygen atoms in total. The van der Waals surface area contributed by atoms with Crippen molar-refractivity contribution in [1.29, 1.82) is 0 Å². The van der Waals surface area contributed by atoms with Crippen LogP contribution in [-0.2, 0) is 16.1 Å². The first-order valence-electron chi connectivity index (χ1n) is 9.57. The minimum Gasteiger partial charge on any atom is -0.348 e. The molecule has 31 heavy (non-hydrogen) atoms. The third-order valence-electron chi connectivity index (χ3n) is 4.48. The van der Waals surface area contributed by atoms with Gasteiger partial charge in [0.15, 0.2) is 0 Å². The molecule has 3 N–H and O–H groups in total. The van der Waals surface area contributed by atoms with Crippen LogP contribution in [0.25, 0.3) is 17.7 Å². The Kier molecular flexibility index (Phi) is 7.45. The van der Waals surface area contributed by atoms with Crippen LogP contribution in [0.15, 0.2) is 84.9 Å². The van der Waals surface area contributed by atoms with Gasteiger partial charge in [-0.2, -0.15) is 0 Å². The summed E-state index contributed by atoms with van der Waals surface area (Å²) in [6.07, 6.45) is 4.50. The van der Waals surface area contributed by atoms with E-state index in [0.29, 0.717) is 12.1 Å². The van der Waals surface area contributed by atoms with Crippen LogP contribution in [0, 0.1) is 5.82 Å². The van der Waals surface area contributed by atoms with Crippen molar-refractivity contribution in [1.82, 2.24) is 10.8 Å². The number of carbonyl (C=O) groups is 2. The van der Waals surface area contributed by atoms with E-state index in [-0.39, 0.29) is 11.7 Å². The zero-order valence-electron chi connectivity index (χ0n) is 16.6. The number of hydrogen-bond donors (Lipinski definition) is 3. The van der Waals surface area contributed by atoms with E-state index in [0.717, 1.165) is 22.3 Å². The van der Waals surface area contributed by atoms with Gasteiger partial charge in [-0.05, 0) is 46.5 Å². The van der Waals surface area contributed by atoms with E-state index in [9.17, 15) is 14.0 Å². The van der Waals surface area contributed by atoms with Gasteiger partial charge in [0.1, 0.15) is 5.82 Å². The van der Waals surface area contributed by atoms with E-state index in [1.54, 1.807) is 36.4 Å². The summed E-state index contributed by atoms with van der Waals surface area (Å²) >= 11 is 0. The second-order valence-corrected chi connectivity index (χ2v) is 6.71. The molecule has 3 aromatic rings. The monoisotopic (exact) mass is 416 g/mol. The van der Waals surface area contributed by atoms with Crippen molar-refractivity contribution in [3.05, 3.63) is 113 Å². The van der Waals surface area contributed by atoms with Crippen LogP contribution in [0.3, 0.4) is 0 Å². The second-order valence-electron chi connectivity index (χ2n) is 6.71. The maximum absolute atomic E-state index is 13.2. The highest BCUT2D eigenvalue weighted by molar-refractivity contribution is 6.24. The summed E-state index contributed by atoms with van der Waals surface area (Å²) in [7, 11) is 0. The minimum absolute atomic E-state index is 0.251. The van der Waals surface area contributed by atoms with E-state index < -0.39 is 5.91 Å². The van der Waals surface area contributed by atoms with Gasteiger partial charge in [0.25, 0.3) is 11.8 Å². The van der Waals surface area contributed by atoms with Crippen molar-refractivity contribution in [2.75, 3.05) is 0 Å². The van der Waals surface area contributed by atoms with Crippen molar-refractivity contribution >= 4 is 29.5 Å². The van der Waals surface area contributed by atoms with Crippen LogP contribution in [-0.4, -0.2) is 17.0 Å². The van der Waals surface area contributed by atoms with Crippen molar-refractivity contribution in [2.45, 2.75) is 6.54 Å². The molecule has 0 unspecified atom stereocenters. The molecule has 0 bridgehead atoms. The molecule has 2 amide bonds. The smallest absolute Gasteiger partial charge is 0.267 e. The fourth-order valence-electron chi connectivity index (χ4n) is 2.86. The predicted molar refractivity (Wildman–Crippen MR) is 118 cm³/mol. The molecule has 0 fully saturated rings. The zero-order chi connectivity index (χ0) is 22.1. The highest BCUT2D eigenvalue weighted by Crippen LogP contribution is 2.19. The van der Waals surface area contributed by atoms with Crippen LogP contribution in [0.2, 0.25) is 0 Å². The maximum atomic E-state index is 13.2. The van der Waals surface area contributed by atoms with Gasteiger partial charge in [-0.1, -0.05) is 66.7 Å². The Balaban J connectivity index is 1.73. The lowest BCUT2D eigenvalue weighted by Gasteiger charge is -2.10. The maximum Gasteiger partial charge on any atom is 0.267 e. The molecule has 0 heterocycles. The fraction of sp³-hybridized carbons (Fsp3) is 0.0400. The Labute approximate surface area is 179 Å². The van der Waals surface area contributed by atoms with E-state index >= 15 is 0 Å². The number of hydroxylamine groups is 1. The third-order valence-corrected chi connectivity index (χ3v) is 4.48. The summed E-state index contributed by atoms with van der Waals surface area (Å²) < 4.78 is 13.2. The summed E-state index contributed by atoms with van der Waals surface area (Å²) in [4.78, 5) is 24.0. The van der Waals surface area contributed by atoms with Gasteiger partial charge in [-0.25, -0.2) is 9.87 Å². The fourth-order valence-corrected chi connectivity index (χ4v) is 2.86. The molecular weight excluding hydrogens is 395 g/mol. The first-order chi connectivity index (χ1) is 15.0. The average molecular weight is 416 g/mol. The van der Waals surface area contributed by atoms with Gasteiger partial charge < -0.3 is 5.32 Å². The summed E-state index contributed by atoms with van der Waals surface area (Å²) in [6.45, 7) is 0.313. The lowest BCUT2D eigenvalue weighted by Crippen LogP contribution is -2.23. The van der Waals surface area contributed by atoms with Crippen LogP contribution in [0.4, 0.5) is 4.39 Å². The first kappa shape index (κ1) is 21.7. The van der Waals surface area contributed by atoms with Gasteiger partial charge in [0.2, 0.25) is 0 Å². The number of benzene rings is 3. The quantitative estimate of drug-likeness (QED) is 0.234. The summed E-state index contributed by atoms with van der Waals surface area (Å²) in [5.74, 6) is -1.20. The van der Waals surface area contributed by atoms with Gasteiger partial charge in [-0.15, -0.1) is 0 Å². The topological polar surface area (TPSA) is 78.4 Å². The number of rotatable bonds is 7. The SMILES string of the molecule is O=C(/C=C/c1ccc(CNC(=O)/C(=C/c2ccc(F)cc2)c2ccccc2)cc1)NO. The van der Waals surface area contributed by atoms with Gasteiger partial charge in [0.05, 0.1) is 0 Å². The summed E-state index contributed by atoms with van der Waals surface area (Å²) in [5, 5.41) is 11.4. The normalized spacial score (nSPS) is 11.4. The first-order valence-corrected chi connectivity index (χ1v) is 9.57. The van der Waals surface area contributed by atoms with Gasteiger partial charge >= 0.3 is 0 Å². The largest absolute Gasteiger partial charge is 0.348 e. The van der Waals surface area contributed by atoms with Crippen molar-refractivity contribution in [3.8, 4) is 0 Å². The van der Waals surface area contributed by atoms with Crippen molar-refractivity contribution in [3.63, 3.8) is 0 Å². The molecule has 156 valence electrons. The summed E-state index contributed by atoms with van der Waals surface area (Å²) in [6, 6.07) is 22.5. The Morgan fingerprint density at radius 1 is 0.871 bits per heavy atom. The Morgan fingerprint density at radius 2 is 1.52 bits per heavy atom. The highest BCUT2D eigenvalue weighted by Gasteiger charge is 2.12. The minimum atomic E-state index is -0.613. The molecule has 0 saturated carbocycles. The average Bonchev–Trinajstić information content (AvgIpc) is 2.81. The molecule has 3 aromatic carbocycles. The molecule has 0 saturated heterocycles. The molecular formula is C25H21FN2O3. The molecule has 0 aromatic heterocycles. The number of nitrogens with one attached hydrogen (secondary N) is 2. The number of hydrogen-bond acceptors (Lipinski definition) is 3. The molecule has 0 spiro atoms. The Hall–Kier alpha value is -4.03. The number of halogens is 1. The van der Waals surface area contributed by atoms with Crippen LogP contribution in [0.1, 0.15) is 22.3 Å². The lowest BCUT2D eigenvalue weighted by molar-refractivity contribution is -0.124. The Morgan fingerprint density at radius 3 is 2.16 bits per heavy atom. The highest BCUT2D eigenvalue weighted by atomic mass is 19.1. The van der Waals surface area contributed by atoms with E-state index in [4.69, 9.17) is 5.21 Å². The molecule has 0 aliphatic carbocycles. The van der Waals surface area contributed by atoms with E-state index in [2.05, 4.69) is 5.32 Å². The molecule has 0 radical (unpaired) electrons. The molecule has 0 aliphatic rings. The van der Waals surface area contributed by atoms with Crippen LogP contribution < -0.4 is 10.8 Å². The van der Waals surface area contributed by atoms with Gasteiger partial charge in [0, 0.05) is 18.2 Å². The molecule has 0 atom stereocenters. The molecule has 6 heteroatoms. The number of carbonyl (C=O) groups excluding carboxylic acids is 2. The molecule has 3 rings (SSSR count). The zero-order valence-corrected chi connectivity index (χ0v) is 16.6. The van der Waals surface area contributed by atoms with Crippen molar-refractivity contribution in [2.24, 2.45) is 0 Å². The second kappa shape index (κ2) is 10.7. The van der Waals surface area contributed by atoms with Gasteiger partial charge in [-0.3, -0.25) is 14.8 Å². The van der Waals surface area contributed by atoms with Crippen LogP contribution >= 0.6 is 0 Å². The van der Waals surface area contributed by atoms with E-state index in [1.165, 1.54) is 23.7 Å². The lowest BCUT2D eigenvalue weighted by atomic mass is 10.0. The Bertz CT molecular complexity index is 1090.